The molecule has 6 heteroatoms. The molecule has 1 aromatic carbocycles. The molecule has 0 aliphatic carbocycles. The summed E-state index contributed by atoms with van der Waals surface area (Å²) in [6.07, 6.45) is 0. The fourth-order valence-electron chi connectivity index (χ4n) is 2.83. The van der Waals surface area contributed by atoms with E-state index in [1.54, 1.807) is 37.3 Å². The van der Waals surface area contributed by atoms with Gasteiger partial charge in [0.2, 0.25) is 0 Å². The molecule has 1 aliphatic heterocycles. The lowest BCUT2D eigenvalue weighted by molar-refractivity contribution is -0.222. The van der Waals surface area contributed by atoms with Gasteiger partial charge in [-0.25, -0.2) is 9.59 Å². The van der Waals surface area contributed by atoms with Crippen molar-refractivity contribution >= 4 is 23.3 Å². The van der Waals surface area contributed by atoms with Crippen LogP contribution in [-0.4, -0.2) is 23.5 Å². The minimum Gasteiger partial charge on any atom is -0.461 e. The molecular formula is C20H18O6. The number of hydrogen-bond acceptors (Lipinski definition) is 6. The van der Waals surface area contributed by atoms with Gasteiger partial charge in [-0.3, -0.25) is 4.79 Å². The third-order valence-corrected chi connectivity index (χ3v) is 3.94. The summed E-state index contributed by atoms with van der Waals surface area (Å²) < 4.78 is 16.1. The van der Waals surface area contributed by atoms with Crippen LogP contribution in [0.15, 0.2) is 46.4 Å². The standard InChI is InChI=1S/C20H18O6/c1-11(21)14-10-15(24-12(14)2)16(13-8-6-5-7-9-13)17-18(22)25-20(3,4)26-19(17)23/h5-10H,1-4H3. The predicted molar refractivity (Wildman–Crippen MR) is 92.2 cm³/mol. The first kappa shape index (κ1) is 17.7. The van der Waals surface area contributed by atoms with E-state index in [9.17, 15) is 14.4 Å². The summed E-state index contributed by atoms with van der Waals surface area (Å²) in [7, 11) is 0. The van der Waals surface area contributed by atoms with Crippen molar-refractivity contribution in [2.24, 2.45) is 0 Å². The summed E-state index contributed by atoms with van der Waals surface area (Å²) in [5, 5.41) is 0. The first-order valence-electron chi connectivity index (χ1n) is 8.08. The highest BCUT2D eigenvalue weighted by Crippen LogP contribution is 2.34. The van der Waals surface area contributed by atoms with Crippen molar-refractivity contribution in [3.8, 4) is 0 Å². The van der Waals surface area contributed by atoms with Gasteiger partial charge in [0.1, 0.15) is 11.5 Å². The van der Waals surface area contributed by atoms with Crippen LogP contribution in [0, 0.1) is 6.92 Å². The van der Waals surface area contributed by atoms with Gasteiger partial charge in [-0.15, -0.1) is 0 Å². The lowest BCUT2D eigenvalue weighted by Crippen LogP contribution is -2.42. The molecular weight excluding hydrogens is 336 g/mol. The zero-order valence-electron chi connectivity index (χ0n) is 14.9. The van der Waals surface area contributed by atoms with Crippen LogP contribution >= 0.6 is 0 Å². The van der Waals surface area contributed by atoms with Crippen molar-refractivity contribution in [3.63, 3.8) is 0 Å². The molecule has 3 rings (SSSR count). The molecule has 6 nitrogen and oxygen atoms in total. The van der Waals surface area contributed by atoms with Crippen LogP contribution in [-0.2, 0) is 19.1 Å². The van der Waals surface area contributed by atoms with Crippen molar-refractivity contribution in [2.45, 2.75) is 33.5 Å². The van der Waals surface area contributed by atoms with Gasteiger partial charge in [-0.05, 0) is 25.5 Å². The number of aryl methyl sites for hydroxylation is 1. The van der Waals surface area contributed by atoms with E-state index in [0.29, 0.717) is 16.9 Å². The van der Waals surface area contributed by atoms with Crippen LogP contribution in [0.3, 0.4) is 0 Å². The summed E-state index contributed by atoms with van der Waals surface area (Å²) in [5.41, 5.74) is 0.915. The summed E-state index contributed by atoms with van der Waals surface area (Å²) in [4.78, 5) is 36.9. The van der Waals surface area contributed by atoms with Crippen molar-refractivity contribution < 1.29 is 28.3 Å². The molecule has 2 aromatic rings. The molecule has 1 aliphatic rings. The molecule has 0 unspecified atom stereocenters. The van der Waals surface area contributed by atoms with Gasteiger partial charge in [-0.2, -0.15) is 0 Å². The predicted octanol–water partition coefficient (Wildman–Crippen LogP) is 3.43. The minimum atomic E-state index is -1.34. The van der Waals surface area contributed by atoms with Crippen molar-refractivity contribution in [1.82, 2.24) is 0 Å². The van der Waals surface area contributed by atoms with Crippen LogP contribution in [0.4, 0.5) is 0 Å². The van der Waals surface area contributed by atoms with E-state index in [0.717, 1.165) is 0 Å². The average molecular weight is 354 g/mol. The fraction of sp³-hybridized carbons (Fsp3) is 0.250. The molecule has 2 heterocycles. The molecule has 0 amide bonds. The molecule has 0 atom stereocenters. The molecule has 26 heavy (non-hydrogen) atoms. The topological polar surface area (TPSA) is 82.8 Å². The average Bonchev–Trinajstić information content (AvgIpc) is 2.92. The number of carbonyl (C=O) groups excluding carboxylic acids is 3. The summed E-state index contributed by atoms with van der Waals surface area (Å²) in [6, 6.07) is 10.3. The molecule has 1 saturated heterocycles. The first-order valence-corrected chi connectivity index (χ1v) is 8.08. The second-order valence-corrected chi connectivity index (χ2v) is 6.43. The highest BCUT2D eigenvalue weighted by atomic mass is 16.7. The number of cyclic esters (lactones) is 2. The molecule has 0 N–H and O–H groups in total. The SMILES string of the molecule is CC(=O)c1cc(C(=C2C(=O)OC(C)(C)OC2=O)c2ccccc2)oc1C. The van der Waals surface area contributed by atoms with Gasteiger partial charge in [0.15, 0.2) is 11.4 Å². The largest absolute Gasteiger partial charge is 0.461 e. The van der Waals surface area contributed by atoms with Crippen LogP contribution < -0.4 is 0 Å². The van der Waals surface area contributed by atoms with E-state index >= 15 is 0 Å². The molecule has 1 aromatic heterocycles. The number of benzene rings is 1. The number of carbonyl (C=O) groups is 3. The fourth-order valence-corrected chi connectivity index (χ4v) is 2.83. The Kier molecular flexibility index (Phi) is 4.28. The maximum Gasteiger partial charge on any atom is 0.349 e. The van der Waals surface area contributed by atoms with Crippen LogP contribution in [0.5, 0.6) is 0 Å². The maximum atomic E-state index is 12.5. The van der Waals surface area contributed by atoms with Gasteiger partial charge in [-0.1, -0.05) is 30.3 Å². The van der Waals surface area contributed by atoms with E-state index in [1.165, 1.54) is 26.8 Å². The Labute approximate surface area is 150 Å². The Balaban J connectivity index is 2.26. The van der Waals surface area contributed by atoms with E-state index < -0.39 is 17.7 Å². The van der Waals surface area contributed by atoms with E-state index in [2.05, 4.69) is 0 Å². The third-order valence-electron chi connectivity index (χ3n) is 3.94. The number of esters is 2. The van der Waals surface area contributed by atoms with Crippen molar-refractivity contribution in [3.05, 3.63) is 64.6 Å². The lowest BCUT2D eigenvalue weighted by atomic mass is 9.96. The zero-order chi connectivity index (χ0) is 19.1. The van der Waals surface area contributed by atoms with E-state index in [-0.39, 0.29) is 22.7 Å². The van der Waals surface area contributed by atoms with Crippen LogP contribution in [0.2, 0.25) is 0 Å². The molecule has 134 valence electrons. The van der Waals surface area contributed by atoms with E-state index in [4.69, 9.17) is 13.9 Å². The monoisotopic (exact) mass is 354 g/mol. The highest BCUT2D eigenvalue weighted by Gasteiger charge is 2.42. The van der Waals surface area contributed by atoms with Crippen LogP contribution in [0.1, 0.15) is 48.2 Å². The number of furan rings is 1. The summed E-state index contributed by atoms with van der Waals surface area (Å²) in [5.74, 6) is -2.50. The smallest absolute Gasteiger partial charge is 0.349 e. The molecule has 0 saturated carbocycles. The normalized spacial score (nSPS) is 16.1. The van der Waals surface area contributed by atoms with Gasteiger partial charge in [0.25, 0.3) is 5.79 Å². The highest BCUT2D eigenvalue weighted by molar-refractivity contribution is 6.22. The van der Waals surface area contributed by atoms with Crippen LogP contribution in [0.25, 0.3) is 5.57 Å². The Morgan fingerprint density at radius 1 is 1.00 bits per heavy atom. The van der Waals surface area contributed by atoms with Crippen molar-refractivity contribution in [1.29, 1.82) is 0 Å². The summed E-state index contributed by atoms with van der Waals surface area (Å²) >= 11 is 0. The molecule has 0 bridgehead atoms. The van der Waals surface area contributed by atoms with Crippen molar-refractivity contribution in [2.75, 3.05) is 0 Å². The second-order valence-electron chi connectivity index (χ2n) is 6.43. The Hall–Kier alpha value is -3.15. The van der Waals surface area contributed by atoms with Gasteiger partial charge in [0.05, 0.1) is 5.56 Å². The first-order chi connectivity index (χ1) is 12.2. The number of ether oxygens (including phenoxy) is 2. The number of hydrogen-bond donors (Lipinski definition) is 0. The Bertz CT molecular complexity index is 908. The van der Waals surface area contributed by atoms with Gasteiger partial charge in [0, 0.05) is 19.4 Å². The molecule has 0 radical (unpaired) electrons. The molecule has 1 fully saturated rings. The second kappa shape index (κ2) is 6.29. The minimum absolute atomic E-state index is 0.176. The Morgan fingerprint density at radius 3 is 2.08 bits per heavy atom. The quantitative estimate of drug-likeness (QED) is 0.363. The zero-order valence-corrected chi connectivity index (χ0v) is 14.9. The summed E-state index contributed by atoms with van der Waals surface area (Å²) in [6.45, 7) is 6.02. The third kappa shape index (κ3) is 3.18. The lowest BCUT2D eigenvalue weighted by Gasteiger charge is -2.30. The maximum absolute atomic E-state index is 12.5. The Morgan fingerprint density at radius 2 is 1.58 bits per heavy atom. The number of ketones is 1. The van der Waals surface area contributed by atoms with Gasteiger partial charge >= 0.3 is 11.9 Å². The van der Waals surface area contributed by atoms with Gasteiger partial charge < -0.3 is 13.9 Å². The number of Topliss-reactive ketones (excluding diaryl/α,β-unsaturated/α-hetero) is 1. The molecule has 0 spiro atoms. The van der Waals surface area contributed by atoms with E-state index in [1.807, 2.05) is 0 Å². The number of rotatable bonds is 3.